The van der Waals surface area contributed by atoms with Crippen molar-refractivity contribution in [2.24, 2.45) is 5.73 Å². The van der Waals surface area contributed by atoms with Crippen molar-refractivity contribution in [3.63, 3.8) is 0 Å². The minimum absolute atomic E-state index is 0.0342. The van der Waals surface area contributed by atoms with E-state index in [1.165, 1.54) is 26.2 Å². The summed E-state index contributed by atoms with van der Waals surface area (Å²) in [5.74, 6) is 0.790. The molecule has 186 valence electrons. The molecule has 4 rings (SSSR count). The Labute approximate surface area is 204 Å². The second kappa shape index (κ2) is 10.3. The van der Waals surface area contributed by atoms with Crippen molar-refractivity contribution in [1.29, 1.82) is 5.26 Å². The van der Waals surface area contributed by atoms with Crippen LogP contribution in [0.4, 0.5) is 0 Å². The predicted molar refractivity (Wildman–Crippen MR) is 127 cm³/mol. The fourth-order valence-electron chi connectivity index (χ4n) is 4.75. The molecule has 2 aliphatic heterocycles. The molecule has 35 heavy (non-hydrogen) atoms. The zero-order valence-corrected chi connectivity index (χ0v) is 20.5. The molecule has 0 radical (unpaired) electrons. The van der Waals surface area contributed by atoms with E-state index in [1.807, 2.05) is 6.92 Å². The van der Waals surface area contributed by atoms with Crippen molar-refractivity contribution in [2.75, 3.05) is 54.2 Å². The van der Waals surface area contributed by atoms with Gasteiger partial charge in [-0.05, 0) is 24.6 Å². The molecule has 1 aromatic carbocycles. The summed E-state index contributed by atoms with van der Waals surface area (Å²) < 4.78 is 29.4. The summed E-state index contributed by atoms with van der Waals surface area (Å²) in [7, 11) is 4.54. The number of ether oxygens (including phenoxy) is 5. The molecule has 0 unspecified atom stereocenters. The van der Waals surface area contributed by atoms with Gasteiger partial charge in [-0.15, -0.1) is 0 Å². The lowest BCUT2D eigenvalue weighted by Crippen LogP contribution is -3.14. The van der Waals surface area contributed by atoms with Gasteiger partial charge in [0.25, 0.3) is 5.56 Å². The highest BCUT2D eigenvalue weighted by molar-refractivity contribution is 5.61. The first-order chi connectivity index (χ1) is 16.9. The van der Waals surface area contributed by atoms with Gasteiger partial charge < -0.3 is 38.9 Å². The Kier molecular flexibility index (Phi) is 7.19. The molecule has 10 heteroatoms. The van der Waals surface area contributed by atoms with Gasteiger partial charge in [0.2, 0.25) is 11.6 Å². The summed E-state index contributed by atoms with van der Waals surface area (Å²) in [6.07, 6.45) is 0. The quantitative estimate of drug-likeness (QED) is 0.577. The number of nitrogens with zero attached hydrogens (tertiary/aromatic N) is 2. The number of nitrogens with two attached hydrogens (primary N) is 1. The molecule has 0 bridgehead atoms. The molecule has 3 heterocycles. The van der Waals surface area contributed by atoms with E-state index in [9.17, 15) is 10.1 Å². The average Bonchev–Trinajstić information content (AvgIpc) is 2.87. The van der Waals surface area contributed by atoms with Crippen molar-refractivity contribution in [1.82, 2.24) is 4.57 Å². The maximum atomic E-state index is 13.9. The monoisotopic (exact) mass is 483 g/mol. The van der Waals surface area contributed by atoms with E-state index >= 15 is 0 Å². The Morgan fingerprint density at radius 2 is 1.80 bits per heavy atom. The number of quaternary nitrogens is 1. The van der Waals surface area contributed by atoms with Crippen molar-refractivity contribution in [3.05, 3.63) is 56.8 Å². The summed E-state index contributed by atoms with van der Waals surface area (Å²) in [6, 6.07) is 7.40. The molecule has 1 fully saturated rings. The summed E-state index contributed by atoms with van der Waals surface area (Å²) in [6.45, 7) is 6.47. The lowest BCUT2D eigenvalue weighted by molar-refractivity contribution is -0.908. The number of aryl methyl sites for hydroxylation is 1. The van der Waals surface area contributed by atoms with Gasteiger partial charge in [-0.3, -0.25) is 4.79 Å². The third-order valence-corrected chi connectivity index (χ3v) is 6.60. The van der Waals surface area contributed by atoms with Crippen LogP contribution in [-0.2, 0) is 11.3 Å². The molecule has 0 amide bonds. The first-order valence-electron chi connectivity index (χ1n) is 11.5. The zero-order valence-electron chi connectivity index (χ0n) is 20.5. The normalized spacial score (nSPS) is 17.9. The molecule has 1 atom stereocenters. The standard InChI is InChI=1S/C25H30N4O6/c1-15-11-18-22(25(30)29(15)6-5-28-7-9-34-10-8-28)21(17(14-26)24(27)35-18)16-12-19(31-2)23(33-4)20(13-16)32-3/h11-13,21H,5-10,27H2,1-4H3/p+1/t21-/m0/s1. The third kappa shape index (κ3) is 4.52. The lowest BCUT2D eigenvalue weighted by atomic mass is 9.83. The second-order valence-corrected chi connectivity index (χ2v) is 8.52. The van der Waals surface area contributed by atoms with E-state index in [4.69, 9.17) is 29.4 Å². The van der Waals surface area contributed by atoms with Crippen LogP contribution in [0.3, 0.4) is 0 Å². The van der Waals surface area contributed by atoms with Gasteiger partial charge in [0, 0.05) is 11.8 Å². The molecule has 1 aromatic heterocycles. The zero-order chi connectivity index (χ0) is 25.1. The Morgan fingerprint density at radius 1 is 1.14 bits per heavy atom. The smallest absolute Gasteiger partial charge is 0.258 e. The van der Waals surface area contributed by atoms with Crippen molar-refractivity contribution >= 4 is 0 Å². The third-order valence-electron chi connectivity index (χ3n) is 6.60. The molecule has 2 aromatic rings. The highest BCUT2D eigenvalue weighted by atomic mass is 16.5. The Balaban J connectivity index is 1.85. The maximum absolute atomic E-state index is 13.9. The average molecular weight is 484 g/mol. The van der Waals surface area contributed by atoms with Gasteiger partial charge in [-0.1, -0.05) is 0 Å². The number of morpholine rings is 1. The van der Waals surface area contributed by atoms with Gasteiger partial charge in [-0.2, -0.15) is 5.26 Å². The predicted octanol–water partition coefficient (Wildman–Crippen LogP) is 0.316. The van der Waals surface area contributed by atoms with Crippen LogP contribution in [0.2, 0.25) is 0 Å². The highest BCUT2D eigenvalue weighted by Gasteiger charge is 2.35. The molecule has 0 aliphatic carbocycles. The summed E-state index contributed by atoms with van der Waals surface area (Å²) in [4.78, 5) is 15.3. The number of rotatable bonds is 7. The molecule has 10 nitrogen and oxygen atoms in total. The van der Waals surface area contributed by atoms with Crippen LogP contribution < -0.4 is 35.1 Å². The largest absolute Gasteiger partial charge is 0.493 e. The molecule has 0 spiro atoms. The van der Waals surface area contributed by atoms with E-state index in [0.717, 1.165) is 38.5 Å². The molecule has 0 saturated carbocycles. The summed E-state index contributed by atoms with van der Waals surface area (Å²) in [5, 5.41) is 9.98. The van der Waals surface area contributed by atoms with E-state index in [1.54, 1.807) is 22.8 Å². The van der Waals surface area contributed by atoms with Gasteiger partial charge in [0.05, 0.1) is 59.1 Å². The molecular weight excluding hydrogens is 452 g/mol. The molecule has 1 saturated heterocycles. The van der Waals surface area contributed by atoms with E-state index < -0.39 is 5.92 Å². The van der Waals surface area contributed by atoms with Crippen LogP contribution in [0.25, 0.3) is 0 Å². The minimum Gasteiger partial charge on any atom is -0.493 e. The van der Waals surface area contributed by atoms with Crippen LogP contribution >= 0.6 is 0 Å². The number of fused-ring (bicyclic) bond motifs is 1. The fraction of sp³-hybridized carbons (Fsp3) is 0.440. The fourth-order valence-corrected chi connectivity index (χ4v) is 4.75. The number of nitriles is 1. The van der Waals surface area contributed by atoms with E-state index in [2.05, 4.69) is 6.07 Å². The van der Waals surface area contributed by atoms with E-state index in [-0.39, 0.29) is 17.0 Å². The number of hydrogen-bond acceptors (Lipinski definition) is 8. The van der Waals surface area contributed by atoms with Gasteiger partial charge in [0.15, 0.2) is 11.5 Å². The lowest BCUT2D eigenvalue weighted by Gasteiger charge is -2.29. The van der Waals surface area contributed by atoms with E-state index in [0.29, 0.717) is 40.7 Å². The van der Waals surface area contributed by atoms with Gasteiger partial charge in [-0.25, -0.2) is 0 Å². The number of methoxy groups -OCH3 is 3. The van der Waals surface area contributed by atoms with Crippen molar-refractivity contribution in [3.8, 4) is 29.1 Å². The number of benzene rings is 1. The second-order valence-electron chi connectivity index (χ2n) is 8.52. The number of nitrogens with one attached hydrogen (secondary N) is 1. The van der Waals surface area contributed by atoms with Crippen LogP contribution in [0.5, 0.6) is 23.0 Å². The summed E-state index contributed by atoms with van der Waals surface area (Å²) >= 11 is 0. The van der Waals surface area contributed by atoms with Crippen LogP contribution in [0.1, 0.15) is 22.7 Å². The van der Waals surface area contributed by atoms with Gasteiger partial charge in [0.1, 0.15) is 30.5 Å². The number of hydrogen-bond donors (Lipinski definition) is 2. The molecule has 2 aliphatic rings. The minimum atomic E-state index is -0.757. The topological polar surface area (TPSA) is 122 Å². The Bertz CT molecular complexity index is 1210. The molecular formula is C25H31N4O6+. The first-order valence-corrected chi connectivity index (χ1v) is 11.5. The Morgan fingerprint density at radius 3 is 2.37 bits per heavy atom. The van der Waals surface area contributed by atoms with Crippen molar-refractivity contribution < 1.29 is 28.6 Å². The van der Waals surface area contributed by atoms with Crippen LogP contribution in [0.15, 0.2) is 34.4 Å². The van der Waals surface area contributed by atoms with Gasteiger partial charge >= 0.3 is 0 Å². The highest BCUT2D eigenvalue weighted by Crippen LogP contribution is 2.46. The number of allylic oxidation sites excluding steroid dienone is 1. The van der Waals surface area contributed by atoms with Crippen LogP contribution in [0, 0.1) is 18.3 Å². The molecule has 3 N–H and O–H groups in total. The first kappa shape index (κ1) is 24.4. The maximum Gasteiger partial charge on any atom is 0.258 e. The number of pyridine rings is 1. The SMILES string of the molecule is COc1cc([C@H]2C(C#N)=C(N)Oc3cc(C)n(CC[NH+]4CCOCC4)c(=O)c32)cc(OC)c1OC. The Hall–Kier alpha value is -3.68. The van der Waals surface area contributed by atoms with Crippen LogP contribution in [-0.4, -0.2) is 58.7 Å². The van der Waals surface area contributed by atoms with Crippen molar-refractivity contribution in [2.45, 2.75) is 19.4 Å². The number of aromatic nitrogens is 1. The summed E-state index contributed by atoms with van der Waals surface area (Å²) in [5.41, 5.74) is 7.81.